The number of carbonyl (C=O) groups is 3. The third-order valence-corrected chi connectivity index (χ3v) is 5.28. The molecule has 0 aromatic heterocycles. The molecule has 1 aliphatic heterocycles. The Bertz CT molecular complexity index is 956. The number of rotatable bonds is 6. The number of nitrogens with zero attached hydrogens (tertiary/aromatic N) is 1. The van der Waals surface area contributed by atoms with Crippen molar-refractivity contribution < 1.29 is 14.4 Å². The molecule has 0 saturated carbocycles. The van der Waals surface area contributed by atoms with Crippen LogP contribution in [0.25, 0.3) is 0 Å². The minimum absolute atomic E-state index is 0.214. The van der Waals surface area contributed by atoms with E-state index >= 15 is 0 Å². The van der Waals surface area contributed by atoms with Gasteiger partial charge in [0.1, 0.15) is 6.04 Å². The van der Waals surface area contributed by atoms with Crippen LogP contribution in [0.4, 0.5) is 11.4 Å². The van der Waals surface area contributed by atoms with Gasteiger partial charge in [0.2, 0.25) is 11.8 Å². The number of nitrogens with one attached hydrogen (secondary N) is 2. The van der Waals surface area contributed by atoms with Gasteiger partial charge in [-0.3, -0.25) is 19.3 Å². The summed E-state index contributed by atoms with van der Waals surface area (Å²) in [5.41, 5.74) is 7.91. The maximum Gasteiger partial charge on any atom is 0.251 e. The van der Waals surface area contributed by atoms with E-state index in [0.717, 1.165) is 5.56 Å². The normalized spacial score (nSPS) is 15.9. The first-order valence-corrected chi connectivity index (χ1v) is 9.99. The minimum Gasteiger partial charge on any atom is -0.351 e. The molecular formula is C23H28N4O3. The molecule has 7 heteroatoms. The van der Waals surface area contributed by atoms with E-state index in [1.165, 1.54) is 11.8 Å². The van der Waals surface area contributed by atoms with E-state index in [1.807, 2.05) is 44.2 Å². The first-order valence-electron chi connectivity index (χ1n) is 9.99. The summed E-state index contributed by atoms with van der Waals surface area (Å²) >= 11 is 0. The van der Waals surface area contributed by atoms with Crippen molar-refractivity contribution in [3.63, 3.8) is 0 Å². The number of nitrogens with two attached hydrogens (primary N) is 1. The smallest absolute Gasteiger partial charge is 0.251 e. The Labute approximate surface area is 176 Å². The van der Waals surface area contributed by atoms with Crippen LogP contribution in [-0.4, -0.2) is 36.9 Å². The van der Waals surface area contributed by atoms with Crippen molar-refractivity contribution in [2.75, 3.05) is 23.3 Å². The van der Waals surface area contributed by atoms with E-state index in [4.69, 9.17) is 5.73 Å². The maximum atomic E-state index is 12.8. The molecule has 0 spiro atoms. The molecule has 2 aromatic rings. The molecule has 158 valence electrons. The SMILES string of the molecule is CC(=O)N1c2ccc(C(=O)NCC(C)(C)CN)cc2NC(=O)C1Cc1ccccc1. The summed E-state index contributed by atoms with van der Waals surface area (Å²) in [5.74, 6) is -0.758. The van der Waals surface area contributed by atoms with Gasteiger partial charge in [-0.2, -0.15) is 0 Å². The third-order valence-electron chi connectivity index (χ3n) is 5.28. The fourth-order valence-electron chi connectivity index (χ4n) is 3.39. The zero-order valence-electron chi connectivity index (χ0n) is 17.6. The summed E-state index contributed by atoms with van der Waals surface area (Å²) in [6, 6.07) is 13.9. The Morgan fingerprint density at radius 1 is 1.17 bits per heavy atom. The second kappa shape index (κ2) is 8.67. The summed E-state index contributed by atoms with van der Waals surface area (Å²) in [4.78, 5) is 39.3. The van der Waals surface area contributed by atoms with Crippen LogP contribution in [0.2, 0.25) is 0 Å². The quantitative estimate of drug-likeness (QED) is 0.682. The molecule has 0 fully saturated rings. The number of hydrogen-bond acceptors (Lipinski definition) is 4. The van der Waals surface area contributed by atoms with E-state index in [0.29, 0.717) is 36.4 Å². The largest absolute Gasteiger partial charge is 0.351 e. The fraction of sp³-hybridized carbons (Fsp3) is 0.348. The van der Waals surface area contributed by atoms with E-state index in [-0.39, 0.29) is 23.1 Å². The molecule has 0 saturated heterocycles. The van der Waals surface area contributed by atoms with Crippen molar-refractivity contribution in [2.24, 2.45) is 11.1 Å². The van der Waals surface area contributed by atoms with Gasteiger partial charge in [0, 0.05) is 25.5 Å². The molecule has 0 bridgehead atoms. The van der Waals surface area contributed by atoms with Crippen molar-refractivity contribution in [1.29, 1.82) is 0 Å². The highest BCUT2D eigenvalue weighted by atomic mass is 16.2. The van der Waals surface area contributed by atoms with Crippen LogP contribution in [0.15, 0.2) is 48.5 Å². The fourth-order valence-corrected chi connectivity index (χ4v) is 3.39. The van der Waals surface area contributed by atoms with E-state index in [2.05, 4.69) is 10.6 Å². The highest BCUT2D eigenvalue weighted by Crippen LogP contribution is 2.34. The lowest BCUT2D eigenvalue weighted by atomic mass is 9.94. The molecular weight excluding hydrogens is 380 g/mol. The molecule has 3 amide bonds. The van der Waals surface area contributed by atoms with E-state index in [9.17, 15) is 14.4 Å². The Balaban J connectivity index is 1.85. The van der Waals surface area contributed by atoms with E-state index < -0.39 is 6.04 Å². The number of benzene rings is 2. The van der Waals surface area contributed by atoms with Gasteiger partial charge in [0.25, 0.3) is 5.91 Å². The molecule has 2 aromatic carbocycles. The van der Waals surface area contributed by atoms with Gasteiger partial charge in [-0.25, -0.2) is 0 Å². The zero-order valence-corrected chi connectivity index (χ0v) is 17.6. The summed E-state index contributed by atoms with van der Waals surface area (Å²) < 4.78 is 0. The minimum atomic E-state index is -0.651. The second-order valence-corrected chi connectivity index (χ2v) is 8.37. The van der Waals surface area contributed by atoms with Crippen LogP contribution in [0.3, 0.4) is 0 Å². The average Bonchev–Trinajstić information content (AvgIpc) is 2.72. The molecule has 4 N–H and O–H groups in total. The molecule has 1 atom stereocenters. The predicted octanol–water partition coefficient (Wildman–Crippen LogP) is 2.32. The summed E-state index contributed by atoms with van der Waals surface area (Å²) in [6.45, 7) is 6.26. The Kier molecular flexibility index (Phi) is 6.22. The van der Waals surface area contributed by atoms with Gasteiger partial charge >= 0.3 is 0 Å². The lowest BCUT2D eigenvalue weighted by molar-refractivity contribution is -0.122. The van der Waals surface area contributed by atoms with Gasteiger partial charge in [-0.1, -0.05) is 44.2 Å². The van der Waals surface area contributed by atoms with Crippen molar-refractivity contribution in [1.82, 2.24) is 5.32 Å². The number of carbonyl (C=O) groups excluding carboxylic acids is 3. The molecule has 0 radical (unpaired) electrons. The summed E-state index contributed by atoms with van der Waals surface area (Å²) in [6.07, 6.45) is 0.405. The summed E-state index contributed by atoms with van der Waals surface area (Å²) in [5, 5.41) is 5.73. The van der Waals surface area contributed by atoms with Crippen LogP contribution < -0.4 is 21.3 Å². The molecule has 1 aliphatic rings. The van der Waals surface area contributed by atoms with Gasteiger partial charge < -0.3 is 16.4 Å². The molecule has 3 rings (SSSR count). The number of fused-ring (bicyclic) bond motifs is 1. The molecule has 7 nitrogen and oxygen atoms in total. The highest BCUT2D eigenvalue weighted by molar-refractivity contribution is 6.12. The molecule has 1 unspecified atom stereocenters. The van der Waals surface area contributed by atoms with Crippen LogP contribution in [0.5, 0.6) is 0 Å². The van der Waals surface area contributed by atoms with Crippen molar-refractivity contribution in [3.05, 3.63) is 59.7 Å². The van der Waals surface area contributed by atoms with E-state index in [1.54, 1.807) is 18.2 Å². The van der Waals surface area contributed by atoms with Gasteiger partial charge in [0.15, 0.2) is 0 Å². The molecule has 30 heavy (non-hydrogen) atoms. The maximum absolute atomic E-state index is 12.8. The number of anilines is 2. The van der Waals surface area contributed by atoms with Crippen LogP contribution >= 0.6 is 0 Å². The van der Waals surface area contributed by atoms with Crippen LogP contribution in [0.1, 0.15) is 36.7 Å². The van der Waals surface area contributed by atoms with Crippen molar-refractivity contribution >= 4 is 29.1 Å². The molecule has 1 heterocycles. The number of amides is 3. The topological polar surface area (TPSA) is 105 Å². The predicted molar refractivity (Wildman–Crippen MR) is 117 cm³/mol. The van der Waals surface area contributed by atoms with Crippen molar-refractivity contribution in [2.45, 2.75) is 33.2 Å². The Hall–Kier alpha value is -3.19. The van der Waals surface area contributed by atoms with Crippen LogP contribution in [-0.2, 0) is 16.0 Å². The van der Waals surface area contributed by atoms with Gasteiger partial charge in [0.05, 0.1) is 11.4 Å². The first kappa shape index (κ1) is 21.5. The lowest BCUT2D eigenvalue weighted by Gasteiger charge is -2.36. The van der Waals surface area contributed by atoms with Crippen molar-refractivity contribution in [3.8, 4) is 0 Å². The Morgan fingerprint density at radius 3 is 2.50 bits per heavy atom. The Morgan fingerprint density at radius 2 is 1.87 bits per heavy atom. The molecule has 0 aliphatic carbocycles. The van der Waals surface area contributed by atoms with Gasteiger partial charge in [-0.05, 0) is 35.7 Å². The monoisotopic (exact) mass is 408 g/mol. The first-order chi connectivity index (χ1) is 14.2. The van der Waals surface area contributed by atoms with Crippen LogP contribution in [0, 0.1) is 5.41 Å². The average molecular weight is 409 g/mol. The standard InChI is InChI=1S/C23H28N4O3/c1-15(28)27-19-10-9-17(21(29)25-14-23(2,3)13-24)12-18(19)26-22(30)20(27)11-16-7-5-4-6-8-16/h4-10,12,20H,11,13-14,24H2,1-3H3,(H,25,29)(H,26,30). The second-order valence-electron chi connectivity index (χ2n) is 8.37. The highest BCUT2D eigenvalue weighted by Gasteiger charge is 2.35. The third kappa shape index (κ3) is 4.68. The lowest BCUT2D eigenvalue weighted by Crippen LogP contribution is -2.51. The zero-order chi connectivity index (χ0) is 21.9. The number of hydrogen-bond donors (Lipinski definition) is 3. The van der Waals surface area contributed by atoms with Gasteiger partial charge in [-0.15, -0.1) is 0 Å². The summed E-state index contributed by atoms with van der Waals surface area (Å²) in [7, 11) is 0.